The van der Waals surface area contributed by atoms with Crippen molar-refractivity contribution in [1.29, 1.82) is 0 Å². The van der Waals surface area contributed by atoms with Gasteiger partial charge in [0.05, 0.1) is 10.6 Å². The van der Waals surface area contributed by atoms with Crippen LogP contribution in [0.3, 0.4) is 0 Å². The zero-order valence-electron chi connectivity index (χ0n) is 24.1. The fourth-order valence-electron chi connectivity index (χ4n) is 4.65. The van der Waals surface area contributed by atoms with Crippen molar-refractivity contribution in [1.82, 2.24) is 10.2 Å². The molecule has 0 unspecified atom stereocenters. The van der Waals surface area contributed by atoms with Crippen molar-refractivity contribution >= 4 is 39.1 Å². The molecule has 0 aromatic heterocycles. The van der Waals surface area contributed by atoms with Gasteiger partial charge in [-0.25, -0.2) is 12.8 Å². The van der Waals surface area contributed by atoms with Crippen LogP contribution in [0.4, 0.5) is 10.1 Å². The van der Waals surface area contributed by atoms with Crippen LogP contribution in [0.2, 0.25) is 5.02 Å². The van der Waals surface area contributed by atoms with Crippen LogP contribution in [0, 0.1) is 19.7 Å². The van der Waals surface area contributed by atoms with E-state index in [4.69, 9.17) is 11.6 Å². The highest BCUT2D eigenvalue weighted by Crippen LogP contribution is 2.27. The Kier molecular flexibility index (Phi) is 10.2. The number of amides is 2. The van der Waals surface area contributed by atoms with Gasteiger partial charge in [0.1, 0.15) is 18.4 Å². The third-order valence-corrected chi connectivity index (χ3v) is 9.28. The fourth-order valence-corrected chi connectivity index (χ4v) is 6.18. The zero-order chi connectivity index (χ0) is 31.1. The second kappa shape index (κ2) is 13.8. The van der Waals surface area contributed by atoms with Crippen molar-refractivity contribution in [3.8, 4) is 0 Å². The molecule has 0 aliphatic carbocycles. The molecule has 0 spiro atoms. The number of hydrogen-bond acceptors (Lipinski definition) is 4. The van der Waals surface area contributed by atoms with E-state index < -0.39 is 40.2 Å². The average molecular weight is 622 g/mol. The summed E-state index contributed by atoms with van der Waals surface area (Å²) in [5.74, 6) is -1.47. The van der Waals surface area contributed by atoms with Crippen molar-refractivity contribution in [2.75, 3.05) is 17.9 Å². The van der Waals surface area contributed by atoms with E-state index in [2.05, 4.69) is 5.32 Å². The quantitative estimate of drug-likeness (QED) is 0.234. The number of sulfonamides is 1. The molecule has 1 N–H and O–H groups in total. The van der Waals surface area contributed by atoms with Crippen LogP contribution in [-0.4, -0.2) is 44.8 Å². The van der Waals surface area contributed by atoms with Crippen molar-refractivity contribution in [2.24, 2.45) is 0 Å². The summed E-state index contributed by atoms with van der Waals surface area (Å²) in [6, 6.07) is 24.7. The molecule has 7 nitrogen and oxygen atoms in total. The Bertz CT molecular complexity index is 1680. The standard InChI is InChI=1S/C33H33ClFN3O4S/c1-23-9-16-29(19-24(23)2)38(43(41,42)30-17-12-27(34)13-18-30)22-32(39)37(21-26-10-14-28(35)15-11-26)31(33(40)36-3)20-25-7-5-4-6-8-25/h4-19,31H,20-22H2,1-3H3,(H,36,40)/t31-/m0/s1. The number of rotatable bonds is 11. The number of halogens is 2. The molecule has 43 heavy (non-hydrogen) atoms. The molecule has 2 amide bonds. The van der Waals surface area contributed by atoms with E-state index in [0.717, 1.165) is 21.0 Å². The number of carbonyl (C=O) groups excluding carboxylic acids is 2. The summed E-state index contributed by atoms with van der Waals surface area (Å²) in [7, 11) is -2.76. The third-order valence-electron chi connectivity index (χ3n) is 7.24. The highest BCUT2D eigenvalue weighted by atomic mass is 35.5. The Morgan fingerprint density at radius 2 is 1.51 bits per heavy atom. The number of hydrogen-bond donors (Lipinski definition) is 1. The van der Waals surface area contributed by atoms with Gasteiger partial charge in [0, 0.05) is 25.0 Å². The highest BCUT2D eigenvalue weighted by Gasteiger charge is 2.34. The Balaban J connectivity index is 1.80. The molecule has 0 fully saturated rings. The largest absolute Gasteiger partial charge is 0.357 e. The first-order valence-corrected chi connectivity index (χ1v) is 15.5. The van der Waals surface area contributed by atoms with Gasteiger partial charge in [-0.3, -0.25) is 13.9 Å². The fraction of sp³-hybridized carbons (Fsp3) is 0.212. The van der Waals surface area contributed by atoms with E-state index in [1.54, 1.807) is 18.2 Å². The van der Waals surface area contributed by atoms with Crippen LogP contribution in [0.15, 0.2) is 102 Å². The Morgan fingerprint density at radius 1 is 0.860 bits per heavy atom. The first-order valence-electron chi connectivity index (χ1n) is 13.6. The van der Waals surface area contributed by atoms with E-state index in [9.17, 15) is 22.4 Å². The minimum atomic E-state index is -4.24. The first kappa shape index (κ1) is 31.7. The first-order chi connectivity index (χ1) is 20.5. The predicted octanol–water partition coefficient (Wildman–Crippen LogP) is 5.68. The van der Waals surface area contributed by atoms with Gasteiger partial charge in [0.2, 0.25) is 11.8 Å². The van der Waals surface area contributed by atoms with Gasteiger partial charge in [-0.2, -0.15) is 0 Å². The summed E-state index contributed by atoms with van der Waals surface area (Å²) < 4.78 is 42.8. The van der Waals surface area contributed by atoms with Crippen LogP contribution in [-0.2, 0) is 32.6 Å². The minimum Gasteiger partial charge on any atom is -0.357 e. The molecule has 0 radical (unpaired) electrons. The van der Waals surface area contributed by atoms with E-state index >= 15 is 0 Å². The van der Waals surface area contributed by atoms with Crippen molar-refractivity contribution in [2.45, 2.75) is 37.8 Å². The van der Waals surface area contributed by atoms with E-state index in [0.29, 0.717) is 16.3 Å². The number of nitrogens with one attached hydrogen (secondary N) is 1. The molecule has 4 aromatic rings. The molecule has 1 atom stereocenters. The number of nitrogens with zero attached hydrogens (tertiary/aromatic N) is 2. The number of benzene rings is 4. The van der Waals surface area contributed by atoms with Gasteiger partial charge in [0.25, 0.3) is 10.0 Å². The lowest BCUT2D eigenvalue weighted by Gasteiger charge is -2.33. The van der Waals surface area contributed by atoms with Gasteiger partial charge >= 0.3 is 0 Å². The maximum Gasteiger partial charge on any atom is 0.264 e. The molecular formula is C33H33ClFN3O4S. The number of likely N-dealkylation sites (N-methyl/N-ethyl adjacent to an activating group) is 1. The zero-order valence-corrected chi connectivity index (χ0v) is 25.7. The number of aryl methyl sites for hydroxylation is 2. The molecular weight excluding hydrogens is 589 g/mol. The normalized spacial score (nSPS) is 11.9. The lowest BCUT2D eigenvalue weighted by atomic mass is 10.0. The van der Waals surface area contributed by atoms with Crippen molar-refractivity contribution in [3.63, 3.8) is 0 Å². The van der Waals surface area contributed by atoms with Crippen LogP contribution >= 0.6 is 11.6 Å². The lowest BCUT2D eigenvalue weighted by molar-refractivity contribution is -0.139. The molecule has 4 aromatic carbocycles. The average Bonchev–Trinajstić information content (AvgIpc) is 3.00. The minimum absolute atomic E-state index is 0.0415. The van der Waals surface area contributed by atoms with Gasteiger partial charge in [-0.15, -0.1) is 0 Å². The van der Waals surface area contributed by atoms with Crippen LogP contribution in [0.5, 0.6) is 0 Å². The second-order valence-electron chi connectivity index (χ2n) is 10.2. The SMILES string of the molecule is CNC(=O)[C@H](Cc1ccccc1)N(Cc1ccc(F)cc1)C(=O)CN(c1ccc(C)c(C)c1)S(=O)(=O)c1ccc(Cl)cc1. The lowest BCUT2D eigenvalue weighted by Crippen LogP contribution is -2.53. The summed E-state index contributed by atoms with van der Waals surface area (Å²) in [4.78, 5) is 28.9. The van der Waals surface area contributed by atoms with Gasteiger partial charge < -0.3 is 10.2 Å². The number of carbonyl (C=O) groups is 2. The molecule has 0 heterocycles. The summed E-state index contributed by atoms with van der Waals surface area (Å²) >= 11 is 6.02. The van der Waals surface area contributed by atoms with Crippen LogP contribution in [0.25, 0.3) is 0 Å². The molecule has 0 aliphatic heterocycles. The summed E-state index contributed by atoms with van der Waals surface area (Å²) in [6.45, 7) is 3.13. The van der Waals surface area contributed by atoms with E-state index in [1.807, 2.05) is 44.2 Å². The summed E-state index contributed by atoms with van der Waals surface area (Å²) in [5, 5.41) is 3.01. The summed E-state index contributed by atoms with van der Waals surface area (Å²) in [5.41, 5.74) is 3.49. The number of anilines is 1. The van der Waals surface area contributed by atoms with Crippen LogP contribution in [0.1, 0.15) is 22.3 Å². The smallest absolute Gasteiger partial charge is 0.264 e. The molecule has 0 aliphatic rings. The monoisotopic (exact) mass is 621 g/mol. The van der Waals surface area contributed by atoms with Crippen molar-refractivity contribution < 1.29 is 22.4 Å². The van der Waals surface area contributed by atoms with Crippen molar-refractivity contribution in [3.05, 3.63) is 130 Å². The van der Waals surface area contributed by atoms with E-state index in [1.165, 1.54) is 60.5 Å². The topological polar surface area (TPSA) is 86.8 Å². The predicted molar refractivity (Wildman–Crippen MR) is 167 cm³/mol. The van der Waals surface area contributed by atoms with E-state index in [-0.39, 0.29) is 17.9 Å². The molecule has 0 bridgehead atoms. The maximum absolute atomic E-state index is 14.3. The highest BCUT2D eigenvalue weighted by molar-refractivity contribution is 7.92. The van der Waals surface area contributed by atoms with Gasteiger partial charge in [-0.05, 0) is 84.6 Å². The van der Waals surface area contributed by atoms with Gasteiger partial charge in [-0.1, -0.05) is 60.1 Å². The maximum atomic E-state index is 14.3. The summed E-state index contributed by atoms with van der Waals surface area (Å²) in [6.07, 6.45) is 0.182. The molecule has 0 saturated carbocycles. The molecule has 10 heteroatoms. The Hall–Kier alpha value is -4.21. The molecule has 4 rings (SSSR count). The van der Waals surface area contributed by atoms with Gasteiger partial charge in [0.15, 0.2) is 0 Å². The Morgan fingerprint density at radius 3 is 2.12 bits per heavy atom. The van der Waals surface area contributed by atoms with Crippen LogP contribution < -0.4 is 9.62 Å². The molecule has 0 saturated heterocycles. The second-order valence-corrected chi connectivity index (χ2v) is 12.5. The Labute approximate surface area is 257 Å². The third kappa shape index (κ3) is 7.80. The molecule has 224 valence electrons.